The van der Waals surface area contributed by atoms with E-state index in [0.717, 1.165) is 6.42 Å². The van der Waals surface area contributed by atoms with Gasteiger partial charge in [0.15, 0.2) is 0 Å². The Morgan fingerprint density at radius 2 is 2.31 bits per heavy atom. The first kappa shape index (κ1) is 13.5. The number of aliphatic hydroxyl groups is 1. The quantitative estimate of drug-likeness (QED) is 0.474. The Morgan fingerprint density at radius 1 is 1.62 bits per heavy atom. The van der Waals surface area contributed by atoms with Crippen molar-refractivity contribution >= 4 is 12.9 Å². The van der Waals surface area contributed by atoms with Crippen LogP contribution in [0.2, 0.25) is 13.1 Å². The van der Waals surface area contributed by atoms with E-state index in [1.807, 2.05) is 0 Å². The van der Waals surface area contributed by atoms with Crippen LogP contribution >= 0.6 is 0 Å². The maximum absolute atomic E-state index is 11.1. The number of carboxylic acids is 1. The Bertz CT molecular complexity index is 249. The van der Waals surface area contributed by atoms with E-state index >= 15 is 0 Å². The second-order valence-electron chi connectivity index (χ2n) is 4.74. The summed E-state index contributed by atoms with van der Waals surface area (Å²) in [6.45, 7) is 1.87. The molecule has 16 heavy (non-hydrogen) atoms. The van der Waals surface area contributed by atoms with Crippen molar-refractivity contribution < 1.29 is 20.0 Å². The molecule has 4 N–H and O–H groups in total. The van der Waals surface area contributed by atoms with Crippen molar-refractivity contribution in [3.8, 4) is 0 Å². The van der Waals surface area contributed by atoms with Crippen molar-refractivity contribution in [3.05, 3.63) is 0 Å². The molecule has 0 aromatic carbocycles. The number of carbonyl (C=O) groups is 1. The zero-order valence-corrected chi connectivity index (χ0v) is 9.65. The largest absolute Gasteiger partial charge is 0.480 e. The van der Waals surface area contributed by atoms with Gasteiger partial charge in [0, 0.05) is 5.41 Å². The molecule has 1 heterocycles. The number of aliphatic hydroxyl groups excluding tert-OH is 1. The van der Waals surface area contributed by atoms with Crippen molar-refractivity contribution in [2.45, 2.75) is 38.4 Å². The van der Waals surface area contributed by atoms with E-state index in [9.17, 15) is 9.90 Å². The second-order valence-corrected chi connectivity index (χ2v) is 4.74. The summed E-state index contributed by atoms with van der Waals surface area (Å²) in [4.78, 5) is 11.1. The summed E-state index contributed by atoms with van der Waals surface area (Å²) in [5.74, 6) is -0.899. The Balaban J connectivity index is 2.58. The molecule has 1 fully saturated rings. The molecule has 1 aliphatic heterocycles. The van der Waals surface area contributed by atoms with Gasteiger partial charge in [-0.25, -0.2) is 0 Å². The van der Waals surface area contributed by atoms with E-state index in [4.69, 9.17) is 10.1 Å². The second kappa shape index (κ2) is 5.66. The molecular formula is C10H20BNO4. The van der Waals surface area contributed by atoms with Crippen LogP contribution in [0.15, 0.2) is 0 Å². The third-order valence-electron chi connectivity index (χ3n) is 3.44. The molecule has 0 spiro atoms. The van der Waals surface area contributed by atoms with Crippen LogP contribution in [0.25, 0.3) is 0 Å². The summed E-state index contributed by atoms with van der Waals surface area (Å²) in [6.07, 6.45) is 2.70. The Kier molecular flexibility index (Phi) is 4.77. The van der Waals surface area contributed by atoms with Crippen molar-refractivity contribution in [1.29, 1.82) is 0 Å². The molecular weight excluding hydrogens is 209 g/mol. The van der Waals surface area contributed by atoms with E-state index in [1.54, 1.807) is 6.82 Å². The van der Waals surface area contributed by atoms with Gasteiger partial charge in [0.05, 0.1) is 6.61 Å². The summed E-state index contributed by atoms with van der Waals surface area (Å²) in [5, 5.41) is 30.6. The first-order chi connectivity index (χ1) is 7.52. The van der Waals surface area contributed by atoms with E-state index in [1.165, 1.54) is 0 Å². The van der Waals surface area contributed by atoms with Gasteiger partial charge >= 0.3 is 5.97 Å². The molecule has 2 atom stereocenters. The SMILES string of the molecule is CB(O)CCCC1(CO)CCNC1C(=O)O. The lowest BCUT2D eigenvalue weighted by Crippen LogP contribution is -2.45. The molecule has 0 bridgehead atoms. The molecule has 5 nitrogen and oxygen atoms in total. The van der Waals surface area contributed by atoms with Gasteiger partial charge < -0.3 is 20.6 Å². The van der Waals surface area contributed by atoms with Crippen LogP contribution in [0.4, 0.5) is 0 Å². The molecule has 0 aromatic rings. The van der Waals surface area contributed by atoms with Gasteiger partial charge in [-0.05, 0) is 25.7 Å². The number of aliphatic carboxylic acids is 1. The molecule has 0 radical (unpaired) electrons. The summed E-state index contributed by atoms with van der Waals surface area (Å²) < 4.78 is 0. The molecule has 92 valence electrons. The number of hydrogen-bond donors (Lipinski definition) is 4. The van der Waals surface area contributed by atoms with E-state index < -0.39 is 17.4 Å². The maximum Gasteiger partial charge on any atom is 0.321 e. The fourth-order valence-corrected chi connectivity index (χ4v) is 2.44. The Hall–Kier alpha value is -0.585. The third-order valence-corrected chi connectivity index (χ3v) is 3.44. The Morgan fingerprint density at radius 3 is 2.81 bits per heavy atom. The first-order valence-corrected chi connectivity index (χ1v) is 5.77. The van der Waals surface area contributed by atoms with Crippen LogP contribution in [0.3, 0.4) is 0 Å². The maximum atomic E-state index is 11.1. The first-order valence-electron chi connectivity index (χ1n) is 5.77. The van der Waals surface area contributed by atoms with Gasteiger partial charge in [-0.3, -0.25) is 4.79 Å². The molecule has 0 aromatic heterocycles. The predicted octanol–water partition coefficient (Wildman–Crippen LogP) is -0.195. The number of hydrogen-bond acceptors (Lipinski definition) is 4. The van der Waals surface area contributed by atoms with E-state index in [0.29, 0.717) is 25.7 Å². The number of nitrogens with one attached hydrogen (secondary N) is 1. The molecule has 0 aliphatic carbocycles. The van der Waals surface area contributed by atoms with Gasteiger partial charge in [-0.2, -0.15) is 0 Å². The molecule has 1 saturated heterocycles. The van der Waals surface area contributed by atoms with Crippen LogP contribution in [0.5, 0.6) is 0 Å². The van der Waals surface area contributed by atoms with E-state index in [2.05, 4.69) is 5.32 Å². The monoisotopic (exact) mass is 229 g/mol. The average Bonchev–Trinajstić information content (AvgIpc) is 2.62. The summed E-state index contributed by atoms with van der Waals surface area (Å²) in [7, 11) is 0. The molecule has 2 unspecified atom stereocenters. The van der Waals surface area contributed by atoms with Gasteiger partial charge in [0.1, 0.15) is 6.04 Å². The highest BCUT2D eigenvalue weighted by Gasteiger charge is 2.45. The van der Waals surface area contributed by atoms with Crippen LogP contribution in [0, 0.1) is 5.41 Å². The van der Waals surface area contributed by atoms with Crippen LogP contribution in [-0.4, -0.2) is 47.3 Å². The highest BCUT2D eigenvalue weighted by Crippen LogP contribution is 2.36. The minimum Gasteiger partial charge on any atom is -0.480 e. The lowest BCUT2D eigenvalue weighted by atomic mass is 9.65. The summed E-state index contributed by atoms with van der Waals surface area (Å²) in [6, 6.07) is -0.661. The van der Waals surface area contributed by atoms with Crippen molar-refractivity contribution in [2.24, 2.45) is 5.41 Å². The molecule has 1 rings (SSSR count). The summed E-state index contributed by atoms with van der Waals surface area (Å²) >= 11 is 0. The van der Waals surface area contributed by atoms with Gasteiger partial charge in [-0.1, -0.05) is 13.2 Å². The van der Waals surface area contributed by atoms with Crippen molar-refractivity contribution in [1.82, 2.24) is 5.32 Å². The molecule has 0 saturated carbocycles. The predicted molar refractivity (Wildman–Crippen MR) is 61.4 cm³/mol. The van der Waals surface area contributed by atoms with Crippen molar-refractivity contribution in [2.75, 3.05) is 13.2 Å². The van der Waals surface area contributed by atoms with E-state index in [-0.39, 0.29) is 13.5 Å². The van der Waals surface area contributed by atoms with Gasteiger partial charge in [0.25, 0.3) is 6.92 Å². The fraction of sp³-hybridized carbons (Fsp3) is 0.900. The van der Waals surface area contributed by atoms with Crippen LogP contribution in [-0.2, 0) is 4.79 Å². The van der Waals surface area contributed by atoms with Gasteiger partial charge in [-0.15, -0.1) is 0 Å². The highest BCUT2D eigenvalue weighted by molar-refractivity contribution is 6.48. The molecule has 1 aliphatic rings. The standard InChI is InChI=1S/C10H20BNO4/c1-11(16)5-2-3-10(7-13)4-6-12-8(10)9(14)15/h8,12-13,16H,2-7H2,1H3,(H,14,15). The minimum atomic E-state index is -0.899. The molecule has 6 heteroatoms. The minimum absolute atomic E-state index is 0.114. The van der Waals surface area contributed by atoms with Gasteiger partial charge in [0.2, 0.25) is 0 Å². The van der Waals surface area contributed by atoms with Crippen LogP contribution in [0.1, 0.15) is 19.3 Å². The summed E-state index contributed by atoms with van der Waals surface area (Å²) in [5.41, 5.74) is -0.555. The lowest BCUT2D eigenvalue weighted by Gasteiger charge is -2.30. The average molecular weight is 229 g/mol. The highest BCUT2D eigenvalue weighted by atomic mass is 16.4. The fourth-order valence-electron chi connectivity index (χ4n) is 2.44. The van der Waals surface area contributed by atoms with Crippen molar-refractivity contribution in [3.63, 3.8) is 0 Å². The lowest BCUT2D eigenvalue weighted by molar-refractivity contribution is -0.143. The van der Waals surface area contributed by atoms with Crippen LogP contribution < -0.4 is 5.32 Å². The topological polar surface area (TPSA) is 89.8 Å². The normalized spacial score (nSPS) is 29.3. The Labute approximate surface area is 96.0 Å². The number of rotatable bonds is 6. The smallest absolute Gasteiger partial charge is 0.321 e. The zero-order chi connectivity index (χ0) is 12.2. The zero-order valence-electron chi connectivity index (χ0n) is 9.65. The number of carboxylic acid groups (broad SMARTS) is 1. The third kappa shape index (κ3) is 2.96. The molecule has 0 amide bonds.